The zero-order valence-electron chi connectivity index (χ0n) is 11.2. The summed E-state index contributed by atoms with van der Waals surface area (Å²) in [6.45, 7) is 1.25. The Balaban J connectivity index is 2.15. The van der Waals surface area contributed by atoms with Crippen molar-refractivity contribution >= 4 is 5.91 Å². The van der Waals surface area contributed by atoms with Gasteiger partial charge in [-0.3, -0.25) is 4.79 Å². The molecular formula is C14H19F2NO3. The molecule has 0 radical (unpaired) electrons. The van der Waals surface area contributed by atoms with Gasteiger partial charge in [-0.05, 0) is 30.5 Å². The molecule has 0 aliphatic heterocycles. The standard InChI is InChI=1S/C14H19F2NO3/c15-12-4-2-11(10-13(12)16)3-5-14(19)17-6-1-8-20-9-7-18/h2,4,10,18H,1,3,5-9H2,(H,17,19). The zero-order chi connectivity index (χ0) is 14.8. The van der Waals surface area contributed by atoms with Gasteiger partial charge in [0, 0.05) is 19.6 Å². The lowest BCUT2D eigenvalue weighted by atomic mass is 10.1. The monoisotopic (exact) mass is 287 g/mol. The van der Waals surface area contributed by atoms with E-state index >= 15 is 0 Å². The summed E-state index contributed by atoms with van der Waals surface area (Å²) in [5.41, 5.74) is 0.588. The number of carbonyl (C=O) groups is 1. The topological polar surface area (TPSA) is 58.6 Å². The largest absolute Gasteiger partial charge is 0.394 e. The maximum absolute atomic E-state index is 12.9. The Morgan fingerprint density at radius 3 is 2.75 bits per heavy atom. The fraction of sp³-hybridized carbons (Fsp3) is 0.500. The quantitative estimate of drug-likeness (QED) is 0.675. The van der Waals surface area contributed by atoms with Crippen molar-refractivity contribution in [2.24, 2.45) is 0 Å². The molecule has 1 amide bonds. The van der Waals surface area contributed by atoms with Crippen molar-refractivity contribution in [3.05, 3.63) is 35.4 Å². The van der Waals surface area contributed by atoms with E-state index in [1.807, 2.05) is 0 Å². The first-order valence-electron chi connectivity index (χ1n) is 6.52. The van der Waals surface area contributed by atoms with Crippen LogP contribution in [0.4, 0.5) is 8.78 Å². The summed E-state index contributed by atoms with van der Waals surface area (Å²) in [5.74, 6) is -1.93. The van der Waals surface area contributed by atoms with Gasteiger partial charge in [0.15, 0.2) is 11.6 Å². The summed E-state index contributed by atoms with van der Waals surface area (Å²) in [7, 11) is 0. The molecule has 0 saturated heterocycles. The van der Waals surface area contributed by atoms with Gasteiger partial charge in [0.25, 0.3) is 0 Å². The first-order valence-corrected chi connectivity index (χ1v) is 6.52. The minimum Gasteiger partial charge on any atom is -0.394 e. The molecule has 0 aliphatic rings. The molecule has 0 atom stereocenters. The molecule has 6 heteroatoms. The fourth-order valence-corrected chi connectivity index (χ4v) is 1.61. The van der Waals surface area contributed by atoms with Crippen LogP contribution in [0, 0.1) is 11.6 Å². The van der Waals surface area contributed by atoms with Crippen LogP contribution in [-0.2, 0) is 16.0 Å². The minimum absolute atomic E-state index is 0.0133. The van der Waals surface area contributed by atoms with Crippen molar-refractivity contribution in [2.75, 3.05) is 26.4 Å². The van der Waals surface area contributed by atoms with Crippen LogP contribution in [0.1, 0.15) is 18.4 Å². The van der Waals surface area contributed by atoms with Gasteiger partial charge in [-0.1, -0.05) is 6.07 Å². The van der Waals surface area contributed by atoms with Crippen LogP contribution < -0.4 is 5.32 Å². The minimum atomic E-state index is -0.899. The van der Waals surface area contributed by atoms with Crippen LogP contribution in [0.15, 0.2) is 18.2 Å². The molecule has 0 aliphatic carbocycles. The predicted molar refractivity (Wildman–Crippen MR) is 70.2 cm³/mol. The van der Waals surface area contributed by atoms with Gasteiger partial charge in [0.2, 0.25) is 5.91 Å². The van der Waals surface area contributed by atoms with Gasteiger partial charge in [-0.2, -0.15) is 0 Å². The number of ether oxygens (including phenoxy) is 1. The molecule has 20 heavy (non-hydrogen) atoms. The summed E-state index contributed by atoms with van der Waals surface area (Å²) in [6, 6.07) is 3.63. The molecule has 0 bridgehead atoms. The number of amides is 1. The number of aliphatic hydroxyl groups excluding tert-OH is 1. The molecule has 2 N–H and O–H groups in total. The summed E-state index contributed by atoms with van der Waals surface area (Å²) < 4.78 is 30.7. The third-order valence-electron chi connectivity index (χ3n) is 2.65. The molecule has 0 spiro atoms. The van der Waals surface area contributed by atoms with Crippen molar-refractivity contribution in [1.29, 1.82) is 0 Å². The van der Waals surface area contributed by atoms with Gasteiger partial charge in [0.05, 0.1) is 13.2 Å². The van der Waals surface area contributed by atoms with Crippen LogP contribution in [0.2, 0.25) is 0 Å². The molecule has 0 heterocycles. The van der Waals surface area contributed by atoms with Gasteiger partial charge in [0.1, 0.15) is 0 Å². The maximum atomic E-state index is 12.9. The highest BCUT2D eigenvalue weighted by molar-refractivity contribution is 5.76. The van der Waals surface area contributed by atoms with Crippen LogP contribution in [0.3, 0.4) is 0 Å². The summed E-state index contributed by atoms with van der Waals surface area (Å²) >= 11 is 0. The number of nitrogens with one attached hydrogen (secondary N) is 1. The molecule has 0 saturated carbocycles. The molecular weight excluding hydrogens is 268 g/mol. The lowest BCUT2D eigenvalue weighted by Crippen LogP contribution is -2.25. The Hall–Kier alpha value is -1.53. The molecule has 1 rings (SSSR count). The Morgan fingerprint density at radius 2 is 2.05 bits per heavy atom. The molecule has 0 unspecified atom stereocenters. The highest BCUT2D eigenvalue weighted by Crippen LogP contribution is 2.10. The highest BCUT2D eigenvalue weighted by atomic mass is 19.2. The van der Waals surface area contributed by atoms with E-state index in [0.29, 0.717) is 38.2 Å². The second kappa shape index (κ2) is 9.39. The normalized spacial score (nSPS) is 10.6. The van der Waals surface area contributed by atoms with E-state index in [1.54, 1.807) is 0 Å². The van der Waals surface area contributed by atoms with Gasteiger partial charge < -0.3 is 15.2 Å². The Morgan fingerprint density at radius 1 is 1.25 bits per heavy atom. The summed E-state index contributed by atoms with van der Waals surface area (Å²) in [4.78, 5) is 11.5. The van der Waals surface area contributed by atoms with Crippen molar-refractivity contribution in [3.63, 3.8) is 0 Å². The average molecular weight is 287 g/mol. The number of benzene rings is 1. The summed E-state index contributed by atoms with van der Waals surface area (Å²) in [5, 5.41) is 11.2. The van der Waals surface area contributed by atoms with Crippen molar-refractivity contribution in [3.8, 4) is 0 Å². The third kappa shape index (κ3) is 6.58. The van der Waals surface area contributed by atoms with Crippen LogP contribution in [-0.4, -0.2) is 37.4 Å². The van der Waals surface area contributed by atoms with E-state index < -0.39 is 11.6 Å². The SMILES string of the molecule is O=C(CCc1ccc(F)c(F)c1)NCCCOCCO. The first kappa shape index (κ1) is 16.5. The average Bonchev–Trinajstić information content (AvgIpc) is 2.44. The molecule has 0 fully saturated rings. The Labute approximate surface area is 116 Å². The number of carbonyl (C=O) groups excluding carboxylic acids is 1. The second-order valence-corrected chi connectivity index (χ2v) is 4.29. The molecule has 4 nitrogen and oxygen atoms in total. The first-order chi connectivity index (χ1) is 9.63. The predicted octanol–water partition coefficient (Wildman–Crippen LogP) is 1.41. The smallest absolute Gasteiger partial charge is 0.220 e. The lowest BCUT2D eigenvalue weighted by Gasteiger charge is -2.06. The van der Waals surface area contributed by atoms with Gasteiger partial charge in [-0.15, -0.1) is 0 Å². The van der Waals surface area contributed by atoms with Gasteiger partial charge >= 0.3 is 0 Å². The molecule has 112 valence electrons. The van der Waals surface area contributed by atoms with E-state index in [0.717, 1.165) is 12.1 Å². The number of halogens is 2. The van der Waals surface area contributed by atoms with Crippen LogP contribution >= 0.6 is 0 Å². The van der Waals surface area contributed by atoms with E-state index in [4.69, 9.17) is 9.84 Å². The number of aliphatic hydroxyl groups is 1. The number of hydrogen-bond donors (Lipinski definition) is 2. The molecule has 0 aromatic heterocycles. The lowest BCUT2D eigenvalue weighted by molar-refractivity contribution is -0.121. The Kier molecular flexibility index (Phi) is 7.75. The highest BCUT2D eigenvalue weighted by Gasteiger charge is 2.05. The second-order valence-electron chi connectivity index (χ2n) is 4.29. The molecule has 1 aromatic rings. The van der Waals surface area contributed by atoms with Crippen LogP contribution in [0.5, 0.6) is 0 Å². The third-order valence-corrected chi connectivity index (χ3v) is 2.65. The number of hydrogen-bond acceptors (Lipinski definition) is 3. The van der Waals surface area contributed by atoms with Gasteiger partial charge in [-0.25, -0.2) is 8.78 Å². The number of rotatable bonds is 9. The van der Waals surface area contributed by atoms with E-state index in [2.05, 4.69) is 5.32 Å². The summed E-state index contributed by atoms with van der Waals surface area (Å²) in [6.07, 6.45) is 1.25. The van der Waals surface area contributed by atoms with Crippen LogP contribution in [0.25, 0.3) is 0 Å². The Bertz CT molecular complexity index is 427. The number of aryl methyl sites for hydroxylation is 1. The van der Waals surface area contributed by atoms with Crippen molar-refractivity contribution < 1.29 is 23.4 Å². The zero-order valence-corrected chi connectivity index (χ0v) is 11.2. The van der Waals surface area contributed by atoms with Crippen molar-refractivity contribution in [2.45, 2.75) is 19.3 Å². The molecule has 1 aromatic carbocycles. The van der Waals surface area contributed by atoms with E-state index in [9.17, 15) is 13.6 Å². The van der Waals surface area contributed by atoms with E-state index in [-0.39, 0.29) is 18.9 Å². The maximum Gasteiger partial charge on any atom is 0.220 e. The van der Waals surface area contributed by atoms with Crippen molar-refractivity contribution in [1.82, 2.24) is 5.32 Å². The van der Waals surface area contributed by atoms with E-state index in [1.165, 1.54) is 6.07 Å². The fourth-order valence-electron chi connectivity index (χ4n) is 1.61.